The van der Waals surface area contributed by atoms with Crippen molar-refractivity contribution in [3.8, 4) is 23.0 Å². The molecule has 0 radical (unpaired) electrons. The lowest BCUT2D eigenvalue weighted by atomic mass is 10.2. The van der Waals surface area contributed by atoms with Gasteiger partial charge in [0.2, 0.25) is 0 Å². The van der Waals surface area contributed by atoms with Crippen LogP contribution in [-0.4, -0.2) is 20.1 Å². The second-order valence-corrected chi connectivity index (χ2v) is 5.60. The fourth-order valence-electron chi connectivity index (χ4n) is 2.41. The molecular weight excluding hydrogens is 349 g/mol. The van der Waals surface area contributed by atoms with Gasteiger partial charge in [0.25, 0.3) is 5.91 Å². The van der Waals surface area contributed by atoms with E-state index < -0.39 is 0 Å². The molecular formula is C21H18FNO4. The van der Waals surface area contributed by atoms with Gasteiger partial charge >= 0.3 is 0 Å². The van der Waals surface area contributed by atoms with Crippen LogP contribution in [0.5, 0.6) is 23.0 Å². The number of rotatable bonds is 6. The number of anilines is 1. The first-order valence-corrected chi connectivity index (χ1v) is 8.16. The third-order valence-corrected chi connectivity index (χ3v) is 3.82. The molecule has 0 aliphatic rings. The zero-order chi connectivity index (χ0) is 19.2. The molecule has 138 valence electrons. The molecule has 0 aromatic heterocycles. The maximum atomic E-state index is 12.9. The van der Waals surface area contributed by atoms with Crippen LogP contribution < -0.4 is 19.5 Å². The van der Waals surface area contributed by atoms with Gasteiger partial charge in [-0.25, -0.2) is 4.39 Å². The number of hydrogen-bond acceptors (Lipinski definition) is 4. The van der Waals surface area contributed by atoms with E-state index in [0.717, 1.165) is 0 Å². The summed E-state index contributed by atoms with van der Waals surface area (Å²) in [6, 6.07) is 17.5. The fourth-order valence-corrected chi connectivity index (χ4v) is 2.41. The molecule has 3 aromatic rings. The van der Waals surface area contributed by atoms with Crippen LogP contribution in [0.1, 0.15) is 10.4 Å². The Balaban J connectivity index is 1.69. The van der Waals surface area contributed by atoms with E-state index in [1.54, 1.807) is 49.6 Å². The first-order valence-electron chi connectivity index (χ1n) is 8.16. The topological polar surface area (TPSA) is 56.8 Å². The Bertz CT molecular complexity index is 924. The summed E-state index contributed by atoms with van der Waals surface area (Å²) < 4.78 is 29.0. The van der Waals surface area contributed by atoms with Gasteiger partial charge in [0.05, 0.1) is 19.9 Å². The zero-order valence-corrected chi connectivity index (χ0v) is 14.9. The Hall–Kier alpha value is -3.54. The van der Waals surface area contributed by atoms with Crippen LogP contribution in [0.3, 0.4) is 0 Å². The lowest BCUT2D eigenvalue weighted by Gasteiger charge is -2.12. The molecule has 0 fully saturated rings. The number of carbonyl (C=O) groups is 1. The van der Waals surface area contributed by atoms with Crippen LogP contribution >= 0.6 is 0 Å². The van der Waals surface area contributed by atoms with Gasteiger partial charge in [-0.1, -0.05) is 0 Å². The second-order valence-electron chi connectivity index (χ2n) is 5.60. The Morgan fingerprint density at radius 1 is 0.815 bits per heavy atom. The molecule has 0 spiro atoms. The predicted molar refractivity (Wildman–Crippen MR) is 100 cm³/mol. The summed E-state index contributed by atoms with van der Waals surface area (Å²) in [4.78, 5) is 12.5. The Kier molecular flexibility index (Phi) is 5.56. The molecule has 1 amide bonds. The molecule has 0 saturated heterocycles. The van der Waals surface area contributed by atoms with Crippen molar-refractivity contribution in [3.05, 3.63) is 78.1 Å². The van der Waals surface area contributed by atoms with Gasteiger partial charge in [-0.2, -0.15) is 0 Å². The van der Waals surface area contributed by atoms with Crippen molar-refractivity contribution in [2.45, 2.75) is 0 Å². The molecule has 3 aromatic carbocycles. The Morgan fingerprint density at radius 2 is 1.41 bits per heavy atom. The number of nitrogens with one attached hydrogen (secondary N) is 1. The minimum absolute atomic E-state index is 0.285. The number of halogens is 1. The predicted octanol–water partition coefficient (Wildman–Crippen LogP) is 4.89. The number of benzene rings is 3. The van der Waals surface area contributed by atoms with Crippen molar-refractivity contribution < 1.29 is 23.4 Å². The van der Waals surface area contributed by atoms with Crippen LogP contribution in [0.15, 0.2) is 66.7 Å². The third-order valence-electron chi connectivity index (χ3n) is 3.82. The summed E-state index contributed by atoms with van der Waals surface area (Å²) in [6.45, 7) is 0. The first-order chi connectivity index (χ1) is 13.1. The van der Waals surface area contributed by atoms with Crippen LogP contribution in [0.2, 0.25) is 0 Å². The monoisotopic (exact) mass is 367 g/mol. The van der Waals surface area contributed by atoms with Crippen molar-refractivity contribution in [2.75, 3.05) is 19.5 Å². The minimum Gasteiger partial charge on any atom is -0.497 e. The number of ether oxygens (including phenoxy) is 3. The zero-order valence-electron chi connectivity index (χ0n) is 14.9. The molecule has 0 bridgehead atoms. The van der Waals surface area contributed by atoms with Crippen molar-refractivity contribution in [1.29, 1.82) is 0 Å². The maximum absolute atomic E-state index is 12.9. The molecule has 0 aliphatic heterocycles. The van der Waals surface area contributed by atoms with Gasteiger partial charge < -0.3 is 19.5 Å². The summed E-state index contributed by atoms with van der Waals surface area (Å²) in [5.74, 6) is 1.57. The summed E-state index contributed by atoms with van der Waals surface area (Å²) in [5.41, 5.74) is 0.995. The van der Waals surface area contributed by atoms with Gasteiger partial charge in [0.15, 0.2) is 0 Å². The fraction of sp³-hybridized carbons (Fsp3) is 0.0952. The van der Waals surface area contributed by atoms with Crippen molar-refractivity contribution >= 4 is 11.6 Å². The average molecular weight is 367 g/mol. The minimum atomic E-state index is -0.330. The summed E-state index contributed by atoms with van der Waals surface area (Å²) >= 11 is 0. The highest BCUT2D eigenvalue weighted by Crippen LogP contribution is 2.29. The lowest BCUT2D eigenvalue weighted by Crippen LogP contribution is -2.12. The molecule has 0 unspecified atom stereocenters. The highest BCUT2D eigenvalue weighted by molar-refractivity contribution is 6.05. The number of carbonyl (C=O) groups excluding carboxylic acids is 1. The van der Waals surface area contributed by atoms with Gasteiger partial charge in [-0.3, -0.25) is 4.79 Å². The molecule has 6 heteroatoms. The van der Waals surface area contributed by atoms with E-state index in [2.05, 4.69) is 5.32 Å². The van der Waals surface area contributed by atoms with E-state index >= 15 is 0 Å². The largest absolute Gasteiger partial charge is 0.497 e. The summed E-state index contributed by atoms with van der Waals surface area (Å²) in [7, 11) is 3.08. The molecule has 3 rings (SSSR count). The van der Waals surface area contributed by atoms with Crippen LogP contribution in [0.25, 0.3) is 0 Å². The van der Waals surface area contributed by atoms with Crippen molar-refractivity contribution in [3.63, 3.8) is 0 Å². The Labute approximate surface area is 156 Å². The van der Waals surface area contributed by atoms with Crippen molar-refractivity contribution in [2.24, 2.45) is 0 Å². The SMILES string of the molecule is COc1ccc(NC(=O)c2ccc(Oc3ccc(F)cc3)cc2)c(OC)c1. The van der Waals surface area contributed by atoms with E-state index in [-0.39, 0.29) is 11.7 Å². The highest BCUT2D eigenvalue weighted by atomic mass is 19.1. The average Bonchev–Trinajstić information content (AvgIpc) is 2.70. The van der Waals surface area contributed by atoms with E-state index in [0.29, 0.717) is 34.2 Å². The molecule has 0 heterocycles. The van der Waals surface area contributed by atoms with Gasteiger partial charge in [-0.15, -0.1) is 0 Å². The lowest BCUT2D eigenvalue weighted by molar-refractivity contribution is 0.102. The number of hydrogen-bond donors (Lipinski definition) is 1. The smallest absolute Gasteiger partial charge is 0.255 e. The summed E-state index contributed by atoms with van der Waals surface area (Å²) in [5, 5.41) is 2.80. The quantitative estimate of drug-likeness (QED) is 0.674. The number of methoxy groups -OCH3 is 2. The van der Waals surface area contributed by atoms with E-state index in [9.17, 15) is 9.18 Å². The van der Waals surface area contributed by atoms with Gasteiger partial charge in [0.1, 0.15) is 28.8 Å². The molecule has 0 atom stereocenters. The molecule has 1 N–H and O–H groups in total. The number of amides is 1. The standard InChI is InChI=1S/C21H18FNO4/c1-25-18-11-12-19(20(13-18)26-2)23-21(24)14-3-7-16(8-4-14)27-17-9-5-15(22)6-10-17/h3-13H,1-2H3,(H,23,24). The summed E-state index contributed by atoms with van der Waals surface area (Å²) in [6.07, 6.45) is 0. The van der Waals surface area contributed by atoms with Gasteiger partial charge in [0, 0.05) is 11.6 Å². The van der Waals surface area contributed by atoms with Crippen LogP contribution in [0, 0.1) is 5.82 Å². The molecule has 27 heavy (non-hydrogen) atoms. The Morgan fingerprint density at radius 3 is 2.00 bits per heavy atom. The highest BCUT2D eigenvalue weighted by Gasteiger charge is 2.11. The first kappa shape index (κ1) is 18.3. The molecule has 5 nitrogen and oxygen atoms in total. The molecule has 0 saturated carbocycles. The van der Waals surface area contributed by atoms with Crippen molar-refractivity contribution in [1.82, 2.24) is 0 Å². The molecule has 0 aliphatic carbocycles. The maximum Gasteiger partial charge on any atom is 0.255 e. The van der Waals surface area contributed by atoms with Gasteiger partial charge in [-0.05, 0) is 60.7 Å². The van der Waals surface area contributed by atoms with Crippen LogP contribution in [-0.2, 0) is 0 Å². The van der Waals surface area contributed by atoms with E-state index in [4.69, 9.17) is 14.2 Å². The van der Waals surface area contributed by atoms with E-state index in [1.165, 1.54) is 31.4 Å². The third kappa shape index (κ3) is 4.55. The van der Waals surface area contributed by atoms with Crippen LogP contribution in [0.4, 0.5) is 10.1 Å². The second kappa shape index (κ2) is 8.23. The van der Waals surface area contributed by atoms with E-state index in [1.807, 2.05) is 0 Å². The normalized spacial score (nSPS) is 10.2.